The lowest BCUT2D eigenvalue weighted by Crippen LogP contribution is -2.37. The molecule has 0 bridgehead atoms. The lowest BCUT2D eigenvalue weighted by atomic mass is 9.90. The van der Waals surface area contributed by atoms with Crippen molar-refractivity contribution >= 4 is 0 Å². The van der Waals surface area contributed by atoms with E-state index in [1.165, 1.54) is 6.07 Å². The van der Waals surface area contributed by atoms with Gasteiger partial charge in [-0.3, -0.25) is 0 Å². The van der Waals surface area contributed by atoms with Gasteiger partial charge in [0.2, 0.25) is 0 Å². The SMILES string of the molecule is CCC(C)(C)CNCC(C#N)C(F)(F)F. The van der Waals surface area contributed by atoms with Gasteiger partial charge in [-0.25, -0.2) is 0 Å². The molecular formula is C10H17F3N2. The molecule has 2 nitrogen and oxygen atoms in total. The van der Waals surface area contributed by atoms with E-state index in [0.717, 1.165) is 6.42 Å². The average Bonchev–Trinajstić information content (AvgIpc) is 2.10. The molecule has 0 aromatic rings. The molecular weight excluding hydrogens is 205 g/mol. The van der Waals surface area contributed by atoms with Gasteiger partial charge in [-0.1, -0.05) is 20.8 Å². The zero-order valence-corrected chi connectivity index (χ0v) is 9.28. The number of nitrogens with one attached hydrogen (secondary N) is 1. The van der Waals surface area contributed by atoms with E-state index in [-0.39, 0.29) is 12.0 Å². The Morgan fingerprint density at radius 3 is 2.20 bits per heavy atom. The average molecular weight is 222 g/mol. The zero-order valence-electron chi connectivity index (χ0n) is 9.28. The van der Waals surface area contributed by atoms with Crippen LogP contribution in [0.3, 0.4) is 0 Å². The first-order valence-electron chi connectivity index (χ1n) is 4.90. The number of halogens is 3. The lowest BCUT2D eigenvalue weighted by Gasteiger charge is -2.24. The molecule has 0 rings (SSSR count). The van der Waals surface area contributed by atoms with Crippen molar-refractivity contribution in [2.24, 2.45) is 11.3 Å². The summed E-state index contributed by atoms with van der Waals surface area (Å²) in [5.74, 6) is -1.91. The number of hydrogen-bond acceptors (Lipinski definition) is 2. The molecule has 15 heavy (non-hydrogen) atoms. The number of rotatable bonds is 5. The Kier molecular flexibility index (Phi) is 5.09. The zero-order chi connectivity index (χ0) is 12.1. The molecule has 1 unspecified atom stereocenters. The van der Waals surface area contributed by atoms with Gasteiger partial charge in [-0.15, -0.1) is 0 Å². The van der Waals surface area contributed by atoms with Crippen LogP contribution in [0.2, 0.25) is 0 Å². The second kappa shape index (κ2) is 5.36. The van der Waals surface area contributed by atoms with E-state index in [9.17, 15) is 13.2 Å². The molecule has 1 N–H and O–H groups in total. The fourth-order valence-corrected chi connectivity index (χ4v) is 0.914. The molecule has 0 saturated heterocycles. The highest BCUT2D eigenvalue weighted by atomic mass is 19.4. The van der Waals surface area contributed by atoms with Crippen molar-refractivity contribution in [1.82, 2.24) is 5.32 Å². The van der Waals surface area contributed by atoms with Crippen LogP contribution < -0.4 is 5.32 Å². The largest absolute Gasteiger partial charge is 0.405 e. The molecule has 0 radical (unpaired) electrons. The van der Waals surface area contributed by atoms with Crippen LogP contribution in [0.25, 0.3) is 0 Å². The van der Waals surface area contributed by atoms with Gasteiger partial charge in [0.05, 0.1) is 6.07 Å². The van der Waals surface area contributed by atoms with Gasteiger partial charge in [-0.2, -0.15) is 18.4 Å². The molecule has 5 heteroatoms. The highest BCUT2D eigenvalue weighted by Crippen LogP contribution is 2.25. The van der Waals surface area contributed by atoms with Crippen molar-refractivity contribution in [2.45, 2.75) is 33.4 Å². The Balaban J connectivity index is 4.01. The third-order valence-electron chi connectivity index (χ3n) is 2.46. The fraction of sp³-hybridized carbons (Fsp3) is 0.900. The van der Waals surface area contributed by atoms with E-state index >= 15 is 0 Å². The highest BCUT2D eigenvalue weighted by molar-refractivity contribution is 4.90. The molecule has 0 aromatic carbocycles. The smallest absolute Gasteiger partial charge is 0.315 e. The van der Waals surface area contributed by atoms with Gasteiger partial charge in [0.1, 0.15) is 0 Å². The first kappa shape index (κ1) is 14.2. The fourth-order valence-electron chi connectivity index (χ4n) is 0.914. The van der Waals surface area contributed by atoms with Crippen molar-refractivity contribution in [3.05, 3.63) is 0 Å². The van der Waals surface area contributed by atoms with Crippen LogP contribution in [0.15, 0.2) is 0 Å². The summed E-state index contributed by atoms with van der Waals surface area (Å²) in [6, 6.07) is 1.26. The van der Waals surface area contributed by atoms with Gasteiger partial charge < -0.3 is 5.32 Å². The van der Waals surface area contributed by atoms with Crippen molar-refractivity contribution in [3.8, 4) is 6.07 Å². The molecule has 0 fully saturated rings. The van der Waals surface area contributed by atoms with Crippen LogP contribution in [0.1, 0.15) is 27.2 Å². The van der Waals surface area contributed by atoms with Gasteiger partial charge in [0.15, 0.2) is 5.92 Å². The normalized spacial score (nSPS) is 14.7. The van der Waals surface area contributed by atoms with Crippen LogP contribution in [0, 0.1) is 22.7 Å². The standard InChI is InChI=1S/C10H17F3N2/c1-4-9(2,3)7-15-6-8(5-14)10(11,12)13/h8,15H,4,6-7H2,1-3H3. The number of nitriles is 1. The number of alkyl halides is 3. The summed E-state index contributed by atoms with van der Waals surface area (Å²) in [6.07, 6.45) is -3.55. The minimum absolute atomic E-state index is 0.0361. The van der Waals surface area contributed by atoms with E-state index in [4.69, 9.17) is 5.26 Å². The summed E-state index contributed by atoms with van der Waals surface area (Å²) in [6.45, 7) is 6.07. The molecule has 1 atom stereocenters. The first-order chi connectivity index (χ1) is 6.73. The molecule has 0 aliphatic carbocycles. The van der Waals surface area contributed by atoms with Gasteiger partial charge in [0.25, 0.3) is 0 Å². The van der Waals surface area contributed by atoms with Crippen molar-refractivity contribution in [3.63, 3.8) is 0 Å². The van der Waals surface area contributed by atoms with Crippen LogP contribution in [-0.4, -0.2) is 19.3 Å². The van der Waals surface area contributed by atoms with Crippen LogP contribution >= 0.6 is 0 Å². The van der Waals surface area contributed by atoms with E-state index in [2.05, 4.69) is 5.32 Å². The molecule has 0 amide bonds. The Morgan fingerprint density at radius 1 is 1.33 bits per heavy atom. The van der Waals surface area contributed by atoms with Crippen molar-refractivity contribution in [2.75, 3.05) is 13.1 Å². The number of nitrogens with zero attached hydrogens (tertiary/aromatic N) is 1. The van der Waals surface area contributed by atoms with E-state index in [1.807, 2.05) is 20.8 Å². The summed E-state index contributed by atoms with van der Waals surface area (Å²) in [4.78, 5) is 0. The third kappa shape index (κ3) is 5.63. The monoisotopic (exact) mass is 222 g/mol. The Labute approximate surface area is 88.5 Å². The predicted molar refractivity (Wildman–Crippen MR) is 52.1 cm³/mol. The maximum atomic E-state index is 12.2. The topological polar surface area (TPSA) is 35.8 Å². The van der Waals surface area contributed by atoms with Gasteiger partial charge >= 0.3 is 6.18 Å². The molecule has 0 saturated carbocycles. The first-order valence-corrected chi connectivity index (χ1v) is 4.90. The summed E-state index contributed by atoms with van der Waals surface area (Å²) >= 11 is 0. The molecule has 0 aliphatic heterocycles. The third-order valence-corrected chi connectivity index (χ3v) is 2.46. The molecule has 0 spiro atoms. The maximum absolute atomic E-state index is 12.2. The van der Waals surface area contributed by atoms with Crippen molar-refractivity contribution < 1.29 is 13.2 Å². The minimum Gasteiger partial charge on any atom is -0.315 e. The van der Waals surface area contributed by atoms with E-state index in [1.54, 1.807) is 0 Å². The van der Waals surface area contributed by atoms with E-state index in [0.29, 0.717) is 6.54 Å². The predicted octanol–water partition coefficient (Wildman–Crippen LogP) is 2.71. The quantitative estimate of drug-likeness (QED) is 0.776. The number of hydrogen-bond donors (Lipinski definition) is 1. The molecule has 88 valence electrons. The van der Waals surface area contributed by atoms with Gasteiger partial charge in [0, 0.05) is 13.1 Å². The van der Waals surface area contributed by atoms with Crippen molar-refractivity contribution in [1.29, 1.82) is 5.26 Å². The van der Waals surface area contributed by atoms with Crippen LogP contribution in [0.4, 0.5) is 13.2 Å². The molecule has 0 heterocycles. The van der Waals surface area contributed by atoms with Crippen LogP contribution in [-0.2, 0) is 0 Å². The Bertz CT molecular complexity index is 228. The highest BCUT2D eigenvalue weighted by Gasteiger charge is 2.39. The summed E-state index contributed by atoms with van der Waals surface area (Å²) in [5, 5.41) is 11.0. The summed E-state index contributed by atoms with van der Waals surface area (Å²) < 4.78 is 36.5. The van der Waals surface area contributed by atoms with Gasteiger partial charge in [-0.05, 0) is 11.8 Å². The minimum atomic E-state index is -4.43. The lowest BCUT2D eigenvalue weighted by molar-refractivity contribution is -0.157. The molecule has 0 aromatic heterocycles. The second-order valence-corrected chi connectivity index (χ2v) is 4.37. The van der Waals surface area contributed by atoms with E-state index < -0.39 is 12.1 Å². The van der Waals surface area contributed by atoms with Crippen LogP contribution in [0.5, 0.6) is 0 Å². The second-order valence-electron chi connectivity index (χ2n) is 4.37. The maximum Gasteiger partial charge on any atom is 0.405 e. The summed E-state index contributed by atoms with van der Waals surface area (Å²) in [7, 11) is 0. The Morgan fingerprint density at radius 2 is 1.87 bits per heavy atom. The Hall–Kier alpha value is -0.760. The summed E-state index contributed by atoms with van der Waals surface area (Å²) in [5.41, 5.74) is -0.0361. The molecule has 0 aliphatic rings.